The predicted molar refractivity (Wildman–Crippen MR) is 112 cm³/mol. The number of aromatic nitrogens is 3. The van der Waals surface area contributed by atoms with Gasteiger partial charge in [-0.25, -0.2) is 18.7 Å². The zero-order chi connectivity index (χ0) is 21.4. The third kappa shape index (κ3) is 3.62. The molecule has 8 heteroatoms. The van der Waals surface area contributed by atoms with Crippen LogP contribution in [-0.4, -0.2) is 51.9 Å². The second-order valence-corrected chi connectivity index (χ2v) is 7.76. The molecule has 3 heterocycles. The highest BCUT2D eigenvalue weighted by Crippen LogP contribution is 2.32. The van der Waals surface area contributed by atoms with Crippen molar-refractivity contribution in [1.82, 2.24) is 19.9 Å². The van der Waals surface area contributed by atoms with E-state index in [0.29, 0.717) is 32.0 Å². The topological polar surface area (TPSA) is 62.2 Å². The predicted octanol–water partition coefficient (Wildman–Crippen LogP) is 3.27. The molecule has 31 heavy (non-hydrogen) atoms. The lowest BCUT2D eigenvalue weighted by Crippen LogP contribution is -2.49. The average molecular weight is 421 g/mol. The first-order valence-electron chi connectivity index (χ1n) is 10.4. The Morgan fingerprint density at radius 3 is 2.32 bits per heavy atom. The van der Waals surface area contributed by atoms with Gasteiger partial charge in [-0.05, 0) is 43.5 Å². The van der Waals surface area contributed by atoms with Crippen LogP contribution in [0.1, 0.15) is 28.0 Å². The van der Waals surface area contributed by atoms with Crippen LogP contribution in [0.2, 0.25) is 0 Å². The van der Waals surface area contributed by atoms with Gasteiger partial charge in [0.05, 0.1) is 0 Å². The zero-order valence-corrected chi connectivity index (χ0v) is 16.9. The van der Waals surface area contributed by atoms with Crippen LogP contribution >= 0.6 is 0 Å². The molecule has 2 aromatic heterocycles. The number of fused-ring (bicyclic) bond motifs is 1. The molecule has 5 rings (SSSR count). The van der Waals surface area contributed by atoms with Crippen molar-refractivity contribution in [2.45, 2.75) is 19.3 Å². The van der Waals surface area contributed by atoms with Gasteiger partial charge in [0, 0.05) is 55.4 Å². The maximum Gasteiger partial charge on any atom is 0.259 e. The minimum Gasteiger partial charge on any atom is -0.353 e. The Morgan fingerprint density at radius 2 is 1.61 bits per heavy atom. The number of carbonyl (C=O) groups excluding carboxylic acids is 1. The Balaban J connectivity index is 1.39. The van der Waals surface area contributed by atoms with Crippen molar-refractivity contribution in [2.75, 3.05) is 31.1 Å². The largest absolute Gasteiger partial charge is 0.353 e. The summed E-state index contributed by atoms with van der Waals surface area (Å²) < 4.78 is 28.1. The SMILES string of the molecule is O=C(c1c(F)cccc1F)N1CCN(c2nc(-c3ccncc3)nc3c2CCC3)CC1. The maximum absolute atomic E-state index is 14.0. The van der Waals surface area contributed by atoms with Crippen LogP contribution in [0.5, 0.6) is 0 Å². The molecule has 0 N–H and O–H groups in total. The highest BCUT2D eigenvalue weighted by molar-refractivity contribution is 5.95. The van der Waals surface area contributed by atoms with E-state index in [9.17, 15) is 13.6 Å². The molecular weight excluding hydrogens is 400 g/mol. The summed E-state index contributed by atoms with van der Waals surface area (Å²) in [5.74, 6) is -0.699. The second-order valence-electron chi connectivity index (χ2n) is 7.76. The summed E-state index contributed by atoms with van der Waals surface area (Å²) in [6.07, 6.45) is 6.34. The molecule has 0 radical (unpaired) electrons. The van der Waals surface area contributed by atoms with Crippen molar-refractivity contribution >= 4 is 11.7 Å². The minimum atomic E-state index is -0.831. The maximum atomic E-state index is 14.0. The molecule has 3 aromatic rings. The molecule has 0 bridgehead atoms. The first kappa shape index (κ1) is 19.5. The number of piperazine rings is 1. The smallest absolute Gasteiger partial charge is 0.259 e. The van der Waals surface area contributed by atoms with Crippen LogP contribution in [0.4, 0.5) is 14.6 Å². The van der Waals surface area contributed by atoms with Crippen molar-refractivity contribution in [2.24, 2.45) is 0 Å². The Bertz CT molecular complexity index is 1110. The van der Waals surface area contributed by atoms with Crippen molar-refractivity contribution in [3.05, 3.63) is 71.2 Å². The Labute approximate surface area is 178 Å². The molecule has 1 aromatic carbocycles. The van der Waals surface area contributed by atoms with E-state index in [1.165, 1.54) is 11.0 Å². The lowest BCUT2D eigenvalue weighted by Gasteiger charge is -2.36. The third-order valence-corrected chi connectivity index (χ3v) is 5.89. The number of pyridine rings is 1. The van der Waals surface area contributed by atoms with E-state index >= 15 is 0 Å². The molecule has 0 unspecified atom stereocenters. The van der Waals surface area contributed by atoms with Gasteiger partial charge in [-0.15, -0.1) is 0 Å². The van der Waals surface area contributed by atoms with E-state index in [2.05, 4.69) is 9.88 Å². The molecule has 0 saturated carbocycles. The van der Waals surface area contributed by atoms with Gasteiger partial charge >= 0.3 is 0 Å². The number of hydrogen-bond acceptors (Lipinski definition) is 5. The number of benzene rings is 1. The van der Waals surface area contributed by atoms with Crippen LogP contribution in [0.3, 0.4) is 0 Å². The summed E-state index contributed by atoms with van der Waals surface area (Å²) in [6.45, 7) is 1.83. The number of carbonyl (C=O) groups is 1. The van der Waals surface area contributed by atoms with Gasteiger partial charge < -0.3 is 9.80 Å². The van der Waals surface area contributed by atoms with Gasteiger partial charge in [-0.1, -0.05) is 6.07 Å². The molecule has 0 spiro atoms. The van der Waals surface area contributed by atoms with Crippen molar-refractivity contribution in [3.63, 3.8) is 0 Å². The van der Waals surface area contributed by atoms with Gasteiger partial charge in [0.15, 0.2) is 5.82 Å². The molecule has 1 aliphatic heterocycles. The number of hydrogen-bond donors (Lipinski definition) is 0. The molecule has 1 saturated heterocycles. The number of halogens is 2. The number of amides is 1. The normalized spacial score (nSPS) is 15.8. The van der Waals surface area contributed by atoms with Crippen LogP contribution in [-0.2, 0) is 12.8 Å². The number of nitrogens with zero attached hydrogens (tertiary/aromatic N) is 5. The van der Waals surface area contributed by atoms with Crippen LogP contribution in [0, 0.1) is 11.6 Å². The lowest BCUT2D eigenvalue weighted by molar-refractivity contribution is 0.0736. The fourth-order valence-electron chi connectivity index (χ4n) is 4.29. The standard InChI is InChI=1S/C23H21F2N5O/c24-17-4-2-5-18(25)20(17)23(31)30-13-11-29(12-14-30)22-16-3-1-6-19(16)27-21(28-22)15-7-9-26-10-8-15/h2,4-5,7-10H,1,3,6,11-14H2. The molecule has 0 atom stereocenters. The monoisotopic (exact) mass is 421 g/mol. The first-order chi connectivity index (χ1) is 15.1. The molecule has 6 nitrogen and oxygen atoms in total. The van der Waals surface area contributed by atoms with Gasteiger partial charge in [0.25, 0.3) is 5.91 Å². The molecule has 2 aliphatic rings. The molecular formula is C23H21F2N5O. The quantitative estimate of drug-likeness (QED) is 0.650. The number of aryl methyl sites for hydroxylation is 1. The molecule has 1 fully saturated rings. The van der Waals surface area contributed by atoms with Gasteiger partial charge in [-0.2, -0.15) is 0 Å². The molecule has 1 aliphatic carbocycles. The van der Waals surface area contributed by atoms with Gasteiger partial charge in [-0.3, -0.25) is 9.78 Å². The average Bonchev–Trinajstić information content (AvgIpc) is 3.28. The fourth-order valence-corrected chi connectivity index (χ4v) is 4.29. The van der Waals surface area contributed by atoms with Crippen molar-refractivity contribution in [3.8, 4) is 11.4 Å². The lowest BCUT2D eigenvalue weighted by atomic mass is 10.1. The first-order valence-corrected chi connectivity index (χ1v) is 10.4. The van der Waals surface area contributed by atoms with E-state index in [0.717, 1.165) is 54.0 Å². The van der Waals surface area contributed by atoms with Crippen LogP contribution < -0.4 is 4.90 Å². The Hall–Kier alpha value is -3.42. The summed E-state index contributed by atoms with van der Waals surface area (Å²) in [5, 5.41) is 0. The third-order valence-electron chi connectivity index (χ3n) is 5.89. The molecule has 158 valence electrons. The Morgan fingerprint density at radius 1 is 0.903 bits per heavy atom. The second kappa shape index (κ2) is 8.02. The summed E-state index contributed by atoms with van der Waals surface area (Å²) in [6, 6.07) is 7.25. The number of rotatable bonds is 3. The minimum absolute atomic E-state index is 0.371. The molecule has 1 amide bonds. The highest BCUT2D eigenvalue weighted by Gasteiger charge is 2.29. The van der Waals surface area contributed by atoms with E-state index in [1.54, 1.807) is 12.4 Å². The summed E-state index contributed by atoms with van der Waals surface area (Å²) in [7, 11) is 0. The van der Waals surface area contributed by atoms with E-state index in [4.69, 9.17) is 9.97 Å². The van der Waals surface area contributed by atoms with Crippen molar-refractivity contribution < 1.29 is 13.6 Å². The van der Waals surface area contributed by atoms with Crippen molar-refractivity contribution in [1.29, 1.82) is 0 Å². The summed E-state index contributed by atoms with van der Waals surface area (Å²) >= 11 is 0. The Kier molecular flexibility index (Phi) is 5.05. The summed E-state index contributed by atoms with van der Waals surface area (Å²) in [4.78, 5) is 30.0. The van der Waals surface area contributed by atoms with Gasteiger partial charge in [0.2, 0.25) is 0 Å². The summed E-state index contributed by atoms with van der Waals surface area (Å²) in [5.41, 5.74) is 2.66. The zero-order valence-electron chi connectivity index (χ0n) is 16.9. The fraction of sp³-hybridized carbons (Fsp3) is 0.304. The van der Waals surface area contributed by atoms with Crippen LogP contribution in [0.25, 0.3) is 11.4 Å². The highest BCUT2D eigenvalue weighted by atomic mass is 19.1. The van der Waals surface area contributed by atoms with E-state index in [-0.39, 0.29) is 0 Å². The van der Waals surface area contributed by atoms with Gasteiger partial charge in [0.1, 0.15) is 23.0 Å². The van der Waals surface area contributed by atoms with Crippen LogP contribution in [0.15, 0.2) is 42.7 Å². The van der Waals surface area contributed by atoms with E-state index < -0.39 is 23.1 Å². The number of anilines is 1. The van der Waals surface area contributed by atoms with E-state index in [1.807, 2.05) is 12.1 Å².